The average molecular weight is 105 g/mol. The predicted octanol–water partition coefficient (Wildman–Crippen LogP) is 1.24. The van der Waals surface area contributed by atoms with Gasteiger partial charge in [0.25, 0.3) is 0 Å². The fourth-order valence-corrected chi connectivity index (χ4v) is 0.354. The minimum atomic E-state index is -0.259. The molecule has 0 aliphatic rings. The van der Waals surface area contributed by atoms with Gasteiger partial charge in [0, 0.05) is 6.26 Å². The minimum Gasteiger partial charge on any atom is -0.382 e. The Kier molecular flexibility index (Phi) is 3.68. The molecule has 0 saturated carbocycles. The second kappa shape index (κ2) is 3.50. The summed E-state index contributed by atoms with van der Waals surface area (Å²) >= 11 is 1.23. The Morgan fingerprint density at radius 2 is 2.50 bits per heavy atom. The molecule has 0 heterocycles. The van der Waals surface area contributed by atoms with Gasteiger partial charge in [0.15, 0.2) is 0 Å². The van der Waals surface area contributed by atoms with Crippen LogP contribution >= 0.6 is 11.8 Å². The first-order valence-electron chi connectivity index (χ1n) is 1.90. The highest BCUT2D eigenvalue weighted by Gasteiger charge is 1.91. The molecule has 1 unspecified atom stereocenters. The van der Waals surface area contributed by atoms with Crippen LogP contribution < -0.4 is 0 Å². The van der Waals surface area contributed by atoms with E-state index in [9.17, 15) is 0 Å². The van der Waals surface area contributed by atoms with Crippen molar-refractivity contribution in [2.75, 3.05) is 0 Å². The lowest BCUT2D eigenvalue weighted by molar-refractivity contribution is 0.260. The van der Waals surface area contributed by atoms with Gasteiger partial charge in [-0.3, -0.25) is 0 Å². The maximum absolute atomic E-state index is 8.57. The van der Waals surface area contributed by atoms with Crippen molar-refractivity contribution in [2.45, 2.75) is 18.8 Å². The van der Waals surface area contributed by atoms with Crippen molar-refractivity contribution in [2.24, 2.45) is 0 Å². The van der Waals surface area contributed by atoms with E-state index in [4.69, 9.17) is 5.11 Å². The van der Waals surface area contributed by atoms with Crippen LogP contribution in [0, 0.1) is 6.26 Å². The van der Waals surface area contributed by atoms with E-state index in [0.29, 0.717) is 0 Å². The zero-order valence-electron chi connectivity index (χ0n) is 3.85. The van der Waals surface area contributed by atoms with Gasteiger partial charge in [0.1, 0.15) is 0 Å². The maximum atomic E-state index is 8.57. The molecule has 0 aromatic rings. The summed E-state index contributed by atoms with van der Waals surface area (Å²) in [5.41, 5.74) is -0.259. The van der Waals surface area contributed by atoms with Crippen molar-refractivity contribution in [1.82, 2.24) is 0 Å². The molecule has 1 N–H and O–H groups in total. The van der Waals surface area contributed by atoms with Crippen LogP contribution in [0.15, 0.2) is 0 Å². The average Bonchev–Trinajstić information content (AvgIpc) is 1.65. The summed E-state index contributed by atoms with van der Waals surface area (Å²) < 4.78 is 0. The summed E-state index contributed by atoms with van der Waals surface area (Å²) in [7, 11) is 0. The van der Waals surface area contributed by atoms with Crippen LogP contribution in [0.1, 0.15) is 13.3 Å². The van der Waals surface area contributed by atoms with Crippen molar-refractivity contribution < 1.29 is 5.11 Å². The standard InChI is InChI=1S/C4H9OS/c1-3-4(5)6-2/h4-5H,2-3H2,1H3. The molecule has 0 saturated heterocycles. The SMILES string of the molecule is [CH2]SC(O)CC. The second-order valence-electron chi connectivity index (χ2n) is 1.03. The lowest BCUT2D eigenvalue weighted by Gasteiger charge is -1.97. The third-order valence-corrected chi connectivity index (χ3v) is 1.26. The Morgan fingerprint density at radius 3 is 2.50 bits per heavy atom. The van der Waals surface area contributed by atoms with E-state index >= 15 is 0 Å². The molecule has 37 valence electrons. The molecule has 0 aliphatic heterocycles. The number of hydrogen-bond acceptors (Lipinski definition) is 2. The van der Waals surface area contributed by atoms with Crippen LogP contribution in [-0.2, 0) is 0 Å². The van der Waals surface area contributed by atoms with Gasteiger partial charge in [-0.2, -0.15) is 0 Å². The molecule has 0 rings (SSSR count). The van der Waals surface area contributed by atoms with Crippen LogP contribution in [0.5, 0.6) is 0 Å². The van der Waals surface area contributed by atoms with Gasteiger partial charge in [-0.1, -0.05) is 6.92 Å². The molecule has 1 radical (unpaired) electrons. The number of aliphatic hydroxyl groups excluding tert-OH is 1. The first-order valence-corrected chi connectivity index (χ1v) is 2.95. The van der Waals surface area contributed by atoms with Gasteiger partial charge in [0.05, 0.1) is 5.44 Å². The molecule has 0 aromatic heterocycles. The molecular weight excluding hydrogens is 96.1 g/mol. The second-order valence-corrected chi connectivity index (χ2v) is 1.91. The summed E-state index contributed by atoms with van der Waals surface area (Å²) in [6.07, 6.45) is 4.21. The summed E-state index contributed by atoms with van der Waals surface area (Å²) in [5.74, 6) is 0. The largest absolute Gasteiger partial charge is 0.382 e. The van der Waals surface area contributed by atoms with Crippen LogP contribution in [-0.4, -0.2) is 10.5 Å². The quantitative estimate of drug-likeness (QED) is 0.533. The number of rotatable bonds is 2. The van der Waals surface area contributed by atoms with E-state index in [1.807, 2.05) is 6.92 Å². The fraction of sp³-hybridized carbons (Fsp3) is 0.750. The number of thioether (sulfide) groups is 1. The molecule has 0 aliphatic carbocycles. The summed E-state index contributed by atoms with van der Waals surface area (Å²) in [6, 6.07) is 0. The molecule has 0 aromatic carbocycles. The molecule has 0 spiro atoms. The highest BCUT2D eigenvalue weighted by molar-refractivity contribution is 8.00. The molecule has 0 amide bonds. The molecular formula is C4H9OS. The minimum absolute atomic E-state index is 0.259. The van der Waals surface area contributed by atoms with Crippen molar-refractivity contribution >= 4 is 11.8 Å². The van der Waals surface area contributed by atoms with E-state index in [0.717, 1.165) is 6.42 Å². The van der Waals surface area contributed by atoms with Crippen molar-refractivity contribution in [3.63, 3.8) is 0 Å². The molecule has 1 nitrogen and oxygen atoms in total. The van der Waals surface area contributed by atoms with E-state index in [1.165, 1.54) is 11.8 Å². The topological polar surface area (TPSA) is 20.2 Å². The lowest BCUT2D eigenvalue weighted by atomic mass is 10.5. The van der Waals surface area contributed by atoms with Crippen LogP contribution in [0.2, 0.25) is 0 Å². The van der Waals surface area contributed by atoms with Crippen LogP contribution in [0.3, 0.4) is 0 Å². The zero-order valence-corrected chi connectivity index (χ0v) is 4.66. The molecule has 0 fully saturated rings. The smallest absolute Gasteiger partial charge is 0.0990 e. The Balaban J connectivity index is 2.75. The van der Waals surface area contributed by atoms with Crippen LogP contribution in [0.4, 0.5) is 0 Å². The maximum Gasteiger partial charge on any atom is 0.0990 e. The Hall–Kier alpha value is 0.310. The number of aliphatic hydroxyl groups is 1. The van der Waals surface area contributed by atoms with E-state index in [-0.39, 0.29) is 5.44 Å². The van der Waals surface area contributed by atoms with Gasteiger partial charge < -0.3 is 5.11 Å². The normalized spacial score (nSPS) is 14.5. The summed E-state index contributed by atoms with van der Waals surface area (Å²) in [4.78, 5) is 0. The van der Waals surface area contributed by atoms with Crippen molar-refractivity contribution in [3.8, 4) is 0 Å². The van der Waals surface area contributed by atoms with E-state index < -0.39 is 0 Å². The summed E-state index contributed by atoms with van der Waals surface area (Å²) in [6.45, 7) is 1.92. The van der Waals surface area contributed by atoms with Crippen molar-refractivity contribution in [3.05, 3.63) is 6.26 Å². The molecule has 1 atom stereocenters. The highest BCUT2D eigenvalue weighted by atomic mass is 32.2. The Morgan fingerprint density at radius 1 is 2.00 bits per heavy atom. The third-order valence-electron chi connectivity index (χ3n) is 0.542. The Bertz CT molecular complexity index is 26.7. The predicted molar refractivity (Wildman–Crippen MR) is 29.2 cm³/mol. The molecule has 6 heavy (non-hydrogen) atoms. The van der Waals surface area contributed by atoms with Gasteiger partial charge in [-0.05, 0) is 6.42 Å². The first kappa shape index (κ1) is 6.31. The molecule has 2 heteroatoms. The Labute approximate surface area is 42.8 Å². The highest BCUT2D eigenvalue weighted by Crippen LogP contribution is 2.06. The van der Waals surface area contributed by atoms with E-state index in [1.54, 1.807) is 0 Å². The first-order chi connectivity index (χ1) is 2.81. The van der Waals surface area contributed by atoms with Crippen LogP contribution in [0.25, 0.3) is 0 Å². The monoisotopic (exact) mass is 105 g/mol. The van der Waals surface area contributed by atoms with E-state index in [2.05, 4.69) is 6.26 Å². The van der Waals surface area contributed by atoms with Gasteiger partial charge >= 0.3 is 0 Å². The van der Waals surface area contributed by atoms with Gasteiger partial charge in [-0.25, -0.2) is 0 Å². The van der Waals surface area contributed by atoms with Gasteiger partial charge in [0.2, 0.25) is 0 Å². The number of hydrogen-bond donors (Lipinski definition) is 1. The van der Waals surface area contributed by atoms with Crippen molar-refractivity contribution in [1.29, 1.82) is 0 Å². The fourth-order valence-electron chi connectivity index (χ4n) is 0.118. The zero-order chi connectivity index (χ0) is 4.99. The molecule has 0 bridgehead atoms. The third kappa shape index (κ3) is 2.54. The van der Waals surface area contributed by atoms with Gasteiger partial charge in [-0.15, -0.1) is 11.8 Å². The summed E-state index contributed by atoms with van der Waals surface area (Å²) in [5, 5.41) is 8.57. The lowest BCUT2D eigenvalue weighted by Crippen LogP contribution is -1.93.